The summed E-state index contributed by atoms with van der Waals surface area (Å²) in [7, 11) is -2.36. The van der Waals surface area contributed by atoms with Gasteiger partial charge in [-0.15, -0.1) is 0 Å². The van der Waals surface area contributed by atoms with Crippen LogP contribution < -0.4 is 0 Å². The van der Waals surface area contributed by atoms with Crippen molar-refractivity contribution in [3.8, 4) is 0 Å². The summed E-state index contributed by atoms with van der Waals surface area (Å²) in [5.74, 6) is -0.918. The van der Waals surface area contributed by atoms with Crippen molar-refractivity contribution >= 4 is 21.2 Å². The van der Waals surface area contributed by atoms with Crippen LogP contribution in [0, 0.1) is 0 Å². The Labute approximate surface area is 89.3 Å². The smallest absolute Gasteiger partial charge is 0.474 e. The Morgan fingerprint density at radius 2 is 1.87 bits per heavy atom. The molecule has 1 fully saturated rings. The van der Waals surface area contributed by atoms with Crippen LogP contribution >= 0.6 is 0 Å². The largest absolute Gasteiger partial charge is 0.486 e. The van der Waals surface area contributed by atoms with Crippen molar-refractivity contribution in [2.75, 3.05) is 19.4 Å². The summed E-state index contributed by atoms with van der Waals surface area (Å²) in [5.41, 5.74) is 0. The number of ether oxygens (including phenoxy) is 2. The molecule has 6 nitrogen and oxygen atoms in total. The first-order valence-electron chi connectivity index (χ1n) is 4.61. The Morgan fingerprint density at radius 3 is 2.27 bits per heavy atom. The minimum atomic E-state index is -2.36. The number of rotatable bonds is 6. The molecular weight excluding hydrogens is 220 g/mol. The van der Waals surface area contributed by atoms with Crippen LogP contribution in [0.2, 0.25) is 0 Å². The van der Waals surface area contributed by atoms with Gasteiger partial charge in [-0.05, 0) is 0 Å². The summed E-state index contributed by atoms with van der Waals surface area (Å²) in [5, 5.41) is 0. The zero-order valence-electron chi connectivity index (χ0n) is 8.73. The first-order valence-corrected chi connectivity index (χ1v) is 6.37. The third-order valence-corrected chi connectivity index (χ3v) is 3.25. The summed E-state index contributed by atoms with van der Waals surface area (Å²) in [6.45, 7) is 3.69. The van der Waals surface area contributed by atoms with E-state index < -0.39 is 21.2 Å². The van der Waals surface area contributed by atoms with Gasteiger partial charge in [0.15, 0.2) is 0 Å². The molecule has 1 unspecified atom stereocenters. The Bertz CT molecular complexity index is 223. The normalized spacial score (nSPS) is 18.7. The van der Waals surface area contributed by atoms with Gasteiger partial charge in [0.2, 0.25) is 0 Å². The third kappa shape index (κ3) is 6.21. The van der Waals surface area contributed by atoms with Crippen LogP contribution in [0.4, 0.5) is 0 Å². The molecule has 1 rings (SSSR count). The molecule has 0 amide bonds. The van der Waals surface area contributed by atoms with Crippen molar-refractivity contribution in [2.24, 2.45) is 0 Å². The lowest BCUT2D eigenvalue weighted by Crippen LogP contribution is -2.33. The van der Waals surface area contributed by atoms with Crippen LogP contribution in [-0.4, -0.2) is 46.8 Å². The summed E-state index contributed by atoms with van der Waals surface area (Å²) >= 11 is 0. The molecule has 1 heterocycles. The van der Waals surface area contributed by atoms with Gasteiger partial charge >= 0.3 is 9.28 Å². The van der Waals surface area contributed by atoms with Crippen LogP contribution in [0.1, 0.15) is 13.8 Å². The van der Waals surface area contributed by atoms with Crippen molar-refractivity contribution < 1.29 is 27.9 Å². The fourth-order valence-corrected chi connectivity index (χ4v) is 2.18. The van der Waals surface area contributed by atoms with Crippen molar-refractivity contribution in [2.45, 2.75) is 20.0 Å². The van der Waals surface area contributed by atoms with Gasteiger partial charge in [0.25, 0.3) is 11.9 Å². The van der Waals surface area contributed by atoms with E-state index in [1.165, 1.54) is 13.8 Å². The molecule has 1 aliphatic heterocycles. The average molecular weight is 234 g/mol. The van der Waals surface area contributed by atoms with Gasteiger partial charge in [0, 0.05) is 13.8 Å². The molecule has 0 N–H and O–H groups in total. The SMILES string of the molecule is CC(=O)O[SiH](COCC1CO1)OC(C)=O. The summed E-state index contributed by atoms with van der Waals surface area (Å²) < 4.78 is 19.8. The van der Waals surface area contributed by atoms with Gasteiger partial charge in [0.05, 0.1) is 13.2 Å². The number of carbonyl (C=O) groups excluding carboxylic acids is 2. The molecule has 0 aliphatic carbocycles. The second-order valence-corrected chi connectivity index (χ2v) is 4.81. The quantitative estimate of drug-likeness (QED) is 0.446. The van der Waals surface area contributed by atoms with Crippen molar-refractivity contribution in [3.63, 3.8) is 0 Å². The van der Waals surface area contributed by atoms with E-state index in [-0.39, 0.29) is 12.3 Å². The Balaban J connectivity index is 2.19. The van der Waals surface area contributed by atoms with Crippen LogP contribution in [0.5, 0.6) is 0 Å². The van der Waals surface area contributed by atoms with Gasteiger partial charge in [0.1, 0.15) is 12.3 Å². The lowest BCUT2D eigenvalue weighted by atomic mass is 10.5. The van der Waals surface area contributed by atoms with E-state index >= 15 is 0 Å². The lowest BCUT2D eigenvalue weighted by Gasteiger charge is -2.14. The predicted molar refractivity (Wildman–Crippen MR) is 51.2 cm³/mol. The summed E-state index contributed by atoms with van der Waals surface area (Å²) in [4.78, 5) is 21.4. The fourth-order valence-electron chi connectivity index (χ4n) is 0.922. The van der Waals surface area contributed by atoms with E-state index in [2.05, 4.69) is 0 Å². The number of epoxide rings is 1. The van der Waals surface area contributed by atoms with Gasteiger partial charge < -0.3 is 18.3 Å². The highest BCUT2D eigenvalue weighted by Gasteiger charge is 2.25. The van der Waals surface area contributed by atoms with E-state index in [0.29, 0.717) is 13.2 Å². The van der Waals surface area contributed by atoms with Crippen molar-refractivity contribution in [1.29, 1.82) is 0 Å². The van der Waals surface area contributed by atoms with Crippen LogP contribution in [-0.2, 0) is 27.9 Å². The zero-order chi connectivity index (χ0) is 11.3. The number of carbonyl (C=O) groups is 2. The molecule has 0 aromatic heterocycles. The second kappa shape index (κ2) is 5.84. The maximum Gasteiger partial charge on any atom is 0.474 e. The predicted octanol–water partition coefficient (Wildman–Crippen LogP) is -0.712. The molecule has 0 bridgehead atoms. The van der Waals surface area contributed by atoms with Gasteiger partial charge in [-0.25, -0.2) is 0 Å². The lowest BCUT2D eigenvalue weighted by molar-refractivity contribution is -0.138. The van der Waals surface area contributed by atoms with Crippen molar-refractivity contribution in [1.82, 2.24) is 0 Å². The topological polar surface area (TPSA) is 74.4 Å². The molecule has 1 saturated heterocycles. The Hall–Kier alpha value is -0.923. The average Bonchev–Trinajstić information content (AvgIpc) is 2.85. The summed E-state index contributed by atoms with van der Waals surface area (Å²) in [6, 6.07) is 0. The molecule has 0 spiro atoms. The highest BCUT2D eigenvalue weighted by Crippen LogP contribution is 2.08. The van der Waals surface area contributed by atoms with Gasteiger partial charge in [-0.3, -0.25) is 9.59 Å². The first kappa shape index (κ1) is 12.1. The molecular formula is C8H14O6Si. The second-order valence-electron chi connectivity index (χ2n) is 3.14. The van der Waals surface area contributed by atoms with E-state index in [4.69, 9.17) is 18.3 Å². The van der Waals surface area contributed by atoms with Gasteiger partial charge in [-0.1, -0.05) is 0 Å². The molecule has 15 heavy (non-hydrogen) atoms. The molecule has 1 aliphatic rings. The zero-order valence-corrected chi connectivity index (χ0v) is 9.88. The maximum atomic E-state index is 10.7. The van der Waals surface area contributed by atoms with E-state index in [0.717, 1.165) is 0 Å². The monoisotopic (exact) mass is 234 g/mol. The van der Waals surface area contributed by atoms with E-state index in [9.17, 15) is 9.59 Å². The summed E-state index contributed by atoms with van der Waals surface area (Å²) in [6.07, 6.45) is 0.313. The van der Waals surface area contributed by atoms with Gasteiger partial charge in [-0.2, -0.15) is 0 Å². The Morgan fingerprint density at radius 1 is 1.33 bits per heavy atom. The highest BCUT2D eigenvalue weighted by molar-refractivity contribution is 6.48. The number of hydrogen-bond acceptors (Lipinski definition) is 6. The number of hydrogen-bond donors (Lipinski definition) is 0. The Kier molecular flexibility index (Phi) is 4.73. The van der Waals surface area contributed by atoms with E-state index in [1.807, 2.05) is 0 Å². The highest BCUT2D eigenvalue weighted by atomic mass is 28.3. The molecule has 1 atom stereocenters. The molecule has 86 valence electrons. The maximum absolute atomic E-state index is 10.7. The third-order valence-electron chi connectivity index (χ3n) is 1.55. The fraction of sp³-hybridized carbons (Fsp3) is 0.750. The minimum absolute atomic E-state index is 0.148. The minimum Gasteiger partial charge on any atom is -0.486 e. The van der Waals surface area contributed by atoms with Crippen LogP contribution in [0.25, 0.3) is 0 Å². The molecule has 0 aromatic carbocycles. The standard InChI is InChI=1S/C8H14O6Si/c1-6(9)13-15(14-7(2)10)5-11-3-8-4-12-8/h8,15H,3-5H2,1-2H3. The molecule has 0 aromatic rings. The van der Waals surface area contributed by atoms with Crippen molar-refractivity contribution in [3.05, 3.63) is 0 Å². The molecule has 0 radical (unpaired) electrons. The molecule has 7 heteroatoms. The van der Waals surface area contributed by atoms with Crippen LogP contribution in [0.3, 0.4) is 0 Å². The van der Waals surface area contributed by atoms with E-state index in [1.54, 1.807) is 0 Å². The van der Waals surface area contributed by atoms with Crippen LogP contribution in [0.15, 0.2) is 0 Å². The molecule has 0 saturated carbocycles. The first-order chi connectivity index (χ1) is 7.08.